The summed E-state index contributed by atoms with van der Waals surface area (Å²) in [5.74, 6) is -0.130. The highest BCUT2D eigenvalue weighted by atomic mass is 16.5. The van der Waals surface area contributed by atoms with E-state index >= 15 is 0 Å². The molecule has 0 aliphatic carbocycles. The second-order valence-corrected chi connectivity index (χ2v) is 4.97. The van der Waals surface area contributed by atoms with Crippen molar-refractivity contribution in [1.29, 1.82) is 0 Å². The second kappa shape index (κ2) is 5.00. The highest BCUT2D eigenvalue weighted by Gasteiger charge is 2.28. The second-order valence-electron chi connectivity index (χ2n) is 4.97. The van der Waals surface area contributed by atoms with Gasteiger partial charge in [-0.25, -0.2) is 9.53 Å². The first-order valence-electron chi connectivity index (χ1n) is 6.73. The first kappa shape index (κ1) is 12.7. The monoisotopic (exact) mass is 272 g/mol. The van der Waals surface area contributed by atoms with E-state index in [1.807, 2.05) is 30.3 Å². The summed E-state index contributed by atoms with van der Waals surface area (Å²) in [4.78, 5) is 26.4. The standard InChI is InChI=1S/C15H16N2O3/c1-16-13(14(18)17-9-5-6-10-17)12(15(19)20-16)11-7-3-2-4-8-11/h2-4,7-8H,5-6,9-10H2,1H3. The van der Waals surface area contributed by atoms with Crippen molar-refractivity contribution in [2.75, 3.05) is 13.1 Å². The van der Waals surface area contributed by atoms with Crippen molar-refractivity contribution < 1.29 is 9.32 Å². The molecular formula is C15H16N2O3. The largest absolute Gasteiger partial charge is 0.366 e. The highest BCUT2D eigenvalue weighted by Crippen LogP contribution is 2.23. The molecule has 3 rings (SSSR count). The third kappa shape index (κ3) is 2.05. The van der Waals surface area contributed by atoms with Gasteiger partial charge in [-0.2, -0.15) is 0 Å². The normalized spacial score (nSPS) is 14.8. The van der Waals surface area contributed by atoms with E-state index in [-0.39, 0.29) is 5.91 Å². The SMILES string of the molecule is Cn1oc(=O)c(-c2ccccc2)c1C(=O)N1CCCC1. The fraction of sp³-hybridized carbons (Fsp3) is 0.333. The van der Waals surface area contributed by atoms with E-state index in [2.05, 4.69) is 0 Å². The molecule has 1 amide bonds. The lowest BCUT2D eigenvalue weighted by Crippen LogP contribution is -2.29. The van der Waals surface area contributed by atoms with Gasteiger partial charge < -0.3 is 9.42 Å². The van der Waals surface area contributed by atoms with Crippen LogP contribution in [0.15, 0.2) is 39.6 Å². The number of aromatic nitrogens is 1. The molecule has 1 fully saturated rings. The number of aryl methyl sites for hydroxylation is 1. The van der Waals surface area contributed by atoms with Gasteiger partial charge in [-0.05, 0) is 18.4 Å². The predicted molar refractivity (Wildman–Crippen MR) is 74.5 cm³/mol. The molecule has 1 aromatic heterocycles. The van der Waals surface area contributed by atoms with Crippen LogP contribution in [0.5, 0.6) is 0 Å². The van der Waals surface area contributed by atoms with Crippen LogP contribution in [0.1, 0.15) is 23.3 Å². The zero-order chi connectivity index (χ0) is 14.1. The lowest BCUT2D eigenvalue weighted by Gasteiger charge is -2.15. The summed E-state index contributed by atoms with van der Waals surface area (Å²) in [6.07, 6.45) is 2.02. The van der Waals surface area contributed by atoms with Gasteiger partial charge in [0.15, 0.2) is 5.69 Å². The maximum Gasteiger partial charge on any atom is 0.366 e. The van der Waals surface area contributed by atoms with Gasteiger partial charge in [0.05, 0.1) is 0 Å². The van der Waals surface area contributed by atoms with E-state index in [0.29, 0.717) is 16.8 Å². The Labute approximate surface area is 116 Å². The zero-order valence-corrected chi connectivity index (χ0v) is 11.3. The Morgan fingerprint density at radius 3 is 2.45 bits per heavy atom. The molecule has 5 nitrogen and oxygen atoms in total. The van der Waals surface area contributed by atoms with Crippen LogP contribution in [0, 0.1) is 0 Å². The Kier molecular flexibility index (Phi) is 3.18. The smallest absolute Gasteiger partial charge is 0.337 e. The summed E-state index contributed by atoms with van der Waals surface area (Å²) in [6.45, 7) is 1.48. The number of nitrogens with zero attached hydrogens (tertiary/aromatic N) is 2. The Morgan fingerprint density at radius 2 is 1.80 bits per heavy atom. The minimum Gasteiger partial charge on any atom is -0.337 e. The molecule has 0 radical (unpaired) electrons. The molecule has 0 N–H and O–H groups in total. The van der Waals surface area contributed by atoms with Crippen LogP contribution < -0.4 is 5.63 Å². The summed E-state index contributed by atoms with van der Waals surface area (Å²) in [6, 6.07) is 9.17. The number of carbonyl (C=O) groups excluding carboxylic acids is 1. The van der Waals surface area contributed by atoms with Crippen LogP contribution in [0.4, 0.5) is 0 Å². The van der Waals surface area contributed by atoms with E-state index in [1.165, 1.54) is 4.74 Å². The van der Waals surface area contributed by atoms with Crippen LogP contribution in [-0.4, -0.2) is 28.6 Å². The van der Waals surface area contributed by atoms with E-state index in [0.717, 1.165) is 25.9 Å². The molecule has 1 aliphatic rings. The first-order valence-corrected chi connectivity index (χ1v) is 6.73. The maximum absolute atomic E-state index is 12.6. The molecule has 1 saturated heterocycles. The predicted octanol–water partition coefficient (Wildman–Crippen LogP) is 1.88. The lowest BCUT2D eigenvalue weighted by molar-refractivity contribution is 0.0771. The fourth-order valence-electron chi connectivity index (χ4n) is 2.64. The lowest BCUT2D eigenvalue weighted by atomic mass is 10.1. The molecule has 0 bridgehead atoms. The molecule has 0 saturated carbocycles. The van der Waals surface area contributed by atoms with Crippen molar-refractivity contribution in [2.24, 2.45) is 7.05 Å². The summed E-state index contributed by atoms with van der Waals surface area (Å²) < 4.78 is 6.38. The Balaban J connectivity index is 2.11. The topological polar surface area (TPSA) is 55.5 Å². The third-order valence-electron chi connectivity index (χ3n) is 3.63. The molecule has 0 atom stereocenters. The van der Waals surface area contributed by atoms with Gasteiger partial charge >= 0.3 is 5.63 Å². The van der Waals surface area contributed by atoms with Gasteiger partial charge in [0.1, 0.15) is 5.56 Å². The number of likely N-dealkylation sites (tertiary alicyclic amines) is 1. The van der Waals surface area contributed by atoms with E-state index in [4.69, 9.17) is 4.52 Å². The summed E-state index contributed by atoms with van der Waals surface area (Å²) in [5.41, 5.74) is 0.929. The molecule has 0 spiro atoms. The first-order chi connectivity index (χ1) is 9.68. The molecule has 2 heterocycles. The molecule has 5 heteroatoms. The van der Waals surface area contributed by atoms with Crippen molar-refractivity contribution in [2.45, 2.75) is 12.8 Å². The molecule has 2 aromatic rings. The molecular weight excluding hydrogens is 256 g/mol. The van der Waals surface area contributed by atoms with Crippen LogP contribution >= 0.6 is 0 Å². The highest BCUT2D eigenvalue weighted by molar-refractivity contribution is 5.99. The molecule has 1 aliphatic heterocycles. The van der Waals surface area contributed by atoms with Crippen molar-refractivity contribution in [3.05, 3.63) is 46.4 Å². The third-order valence-corrected chi connectivity index (χ3v) is 3.63. The Bertz CT molecular complexity index is 679. The van der Waals surface area contributed by atoms with Crippen LogP contribution in [-0.2, 0) is 7.05 Å². The minimum atomic E-state index is -0.471. The van der Waals surface area contributed by atoms with Crippen LogP contribution in [0.2, 0.25) is 0 Å². The number of hydrogen-bond acceptors (Lipinski definition) is 3. The molecule has 1 aromatic carbocycles. The summed E-state index contributed by atoms with van der Waals surface area (Å²) >= 11 is 0. The van der Waals surface area contributed by atoms with Gasteiger partial charge in [0.2, 0.25) is 0 Å². The number of hydrogen-bond donors (Lipinski definition) is 0. The average molecular weight is 272 g/mol. The molecule has 20 heavy (non-hydrogen) atoms. The fourth-order valence-corrected chi connectivity index (χ4v) is 2.64. The number of carbonyl (C=O) groups is 1. The number of rotatable bonds is 2. The van der Waals surface area contributed by atoms with E-state index in [1.54, 1.807) is 11.9 Å². The van der Waals surface area contributed by atoms with Crippen molar-refractivity contribution in [1.82, 2.24) is 9.64 Å². The van der Waals surface area contributed by atoms with Crippen molar-refractivity contribution in [3.63, 3.8) is 0 Å². The molecule has 104 valence electrons. The van der Waals surface area contributed by atoms with Gasteiger partial charge in [-0.15, -0.1) is 0 Å². The quantitative estimate of drug-likeness (QED) is 0.838. The van der Waals surface area contributed by atoms with Gasteiger partial charge in [0, 0.05) is 20.1 Å². The van der Waals surface area contributed by atoms with Gasteiger partial charge in [0.25, 0.3) is 5.91 Å². The Hall–Kier alpha value is -2.30. The summed E-state index contributed by atoms with van der Waals surface area (Å²) in [7, 11) is 1.59. The van der Waals surface area contributed by atoms with Crippen molar-refractivity contribution >= 4 is 5.91 Å². The minimum absolute atomic E-state index is 0.130. The van der Waals surface area contributed by atoms with Crippen molar-refractivity contribution in [3.8, 4) is 11.1 Å². The van der Waals surface area contributed by atoms with Gasteiger partial charge in [-0.1, -0.05) is 30.3 Å². The molecule has 0 unspecified atom stereocenters. The van der Waals surface area contributed by atoms with Gasteiger partial charge in [-0.3, -0.25) is 4.79 Å². The maximum atomic E-state index is 12.6. The van der Waals surface area contributed by atoms with E-state index < -0.39 is 5.63 Å². The zero-order valence-electron chi connectivity index (χ0n) is 11.3. The Morgan fingerprint density at radius 1 is 1.15 bits per heavy atom. The van der Waals surface area contributed by atoms with Crippen LogP contribution in [0.25, 0.3) is 11.1 Å². The average Bonchev–Trinajstić information content (AvgIpc) is 3.07. The summed E-state index contributed by atoms with van der Waals surface area (Å²) in [5, 5.41) is 0. The van der Waals surface area contributed by atoms with E-state index in [9.17, 15) is 9.59 Å². The number of amides is 1. The van der Waals surface area contributed by atoms with Crippen LogP contribution in [0.3, 0.4) is 0 Å². The number of benzene rings is 1.